The second-order valence-corrected chi connectivity index (χ2v) is 7.45. The van der Waals surface area contributed by atoms with Gasteiger partial charge in [0, 0.05) is 13.2 Å². The van der Waals surface area contributed by atoms with Crippen molar-refractivity contribution >= 4 is 17.2 Å². The number of carbonyl (C=O) groups excluding carboxylic acids is 1. The van der Waals surface area contributed by atoms with Gasteiger partial charge < -0.3 is 4.74 Å². The van der Waals surface area contributed by atoms with Gasteiger partial charge >= 0.3 is 0 Å². The molecule has 6 nitrogen and oxygen atoms in total. The summed E-state index contributed by atoms with van der Waals surface area (Å²) in [7, 11) is 1.74. The summed E-state index contributed by atoms with van der Waals surface area (Å²) < 4.78 is 35.3. The van der Waals surface area contributed by atoms with Crippen LogP contribution in [0.15, 0.2) is 60.8 Å². The molecule has 2 heterocycles. The molecule has 0 aliphatic heterocycles. The number of aromatic nitrogens is 2. The van der Waals surface area contributed by atoms with Gasteiger partial charge in [0.25, 0.3) is 5.91 Å². The van der Waals surface area contributed by atoms with Gasteiger partial charge in [-0.05, 0) is 49.7 Å². The van der Waals surface area contributed by atoms with Crippen LogP contribution < -0.4 is 15.2 Å². The molecule has 2 aromatic carbocycles. The zero-order valence-corrected chi connectivity index (χ0v) is 17.9. The average molecular weight is 436 g/mol. The first kappa shape index (κ1) is 21.3. The van der Waals surface area contributed by atoms with E-state index in [2.05, 4.69) is 10.4 Å². The molecule has 0 aliphatic rings. The van der Waals surface area contributed by atoms with E-state index in [9.17, 15) is 13.6 Å². The molecule has 0 saturated carbocycles. The molecule has 8 heteroatoms. The molecular weight excluding hydrogens is 414 g/mol. The normalized spacial score (nSPS) is 10.9. The van der Waals surface area contributed by atoms with Crippen LogP contribution in [0.5, 0.6) is 5.75 Å². The molecule has 0 spiro atoms. The minimum absolute atomic E-state index is 0.169. The van der Waals surface area contributed by atoms with Crippen molar-refractivity contribution in [3.8, 4) is 5.75 Å². The van der Waals surface area contributed by atoms with Crippen LogP contribution in [0.4, 0.5) is 14.5 Å². The molecule has 0 radical (unpaired) electrons. The van der Waals surface area contributed by atoms with Crippen molar-refractivity contribution < 1.29 is 18.3 Å². The third-order valence-electron chi connectivity index (χ3n) is 5.06. The Balaban J connectivity index is 1.65. The maximum atomic E-state index is 14.0. The topological polar surface area (TPSA) is 58.9 Å². The van der Waals surface area contributed by atoms with Gasteiger partial charge in [-0.3, -0.25) is 19.6 Å². The molecule has 0 bridgehead atoms. The van der Waals surface area contributed by atoms with Crippen LogP contribution in [0.1, 0.15) is 27.3 Å². The van der Waals surface area contributed by atoms with Gasteiger partial charge in [-0.25, -0.2) is 13.8 Å². The predicted octanol–water partition coefficient (Wildman–Crippen LogP) is 4.59. The summed E-state index contributed by atoms with van der Waals surface area (Å²) in [6.07, 6.45) is 1.77. The summed E-state index contributed by atoms with van der Waals surface area (Å²) in [5.74, 6) is -1.39. The van der Waals surface area contributed by atoms with Crippen molar-refractivity contribution in [2.45, 2.75) is 20.5 Å². The molecule has 1 N–H and O–H groups in total. The summed E-state index contributed by atoms with van der Waals surface area (Å²) in [6, 6.07) is 14.8. The zero-order valence-electron chi connectivity index (χ0n) is 17.9. The molecule has 4 aromatic rings. The number of halogens is 2. The highest BCUT2D eigenvalue weighted by molar-refractivity contribution is 5.95. The van der Waals surface area contributed by atoms with E-state index in [0.29, 0.717) is 22.8 Å². The van der Waals surface area contributed by atoms with Crippen LogP contribution in [0.2, 0.25) is 0 Å². The van der Waals surface area contributed by atoms with E-state index in [0.717, 1.165) is 11.3 Å². The number of hydrogen-bond acceptors (Lipinski definition) is 4. The fourth-order valence-electron chi connectivity index (χ4n) is 3.48. The number of hydrazine groups is 1. The fraction of sp³-hybridized carbons (Fsp3) is 0.167. The highest BCUT2D eigenvalue weighted by Crippen LogP contribution is 2.26. The van der Waals surface area contributed by atoms with Gasteiger partial charge in [0.05, 0.1) is 16.9 Å². The number of nitrogens with zero attached hydrogens (tertiary/aromatic N) is 3. The standard InChI is InChI=1S/C24H22F2N4O2/c1-15-12-21(32-14-18-19(25)10-7-11-20(18)26)23-27-16(2)22(30(23)13-15)24(31)28-29(3)17-8-5-4-6-9-17/h4-13H,14H2,1-3H3,(H,28,31). The number of rotatable bonds is 6. The molecule has 164 valence electrons. The Hall–Kier alpha value is -3.94. The lowest BCUT2D eigenvalue weighted by atomic mass is 10.2. The van der Waals surface area contributed by atoms with Crippen molar-refractivity contribution in [3.63, 3.8) is 0 Å². The first-order valence-electron chi connectivity index (χ1n) is 10.00. The van der Waals surface area contributed by atoms with Gasteiger partial charge in [0.2, 0.25) is 0 Å². The molecule has 2 aromatic heterocycles. The van der Waals surface area contributed by atoms with E-state index in [4.69, 9.17) is 4.74 Å². The molecule has 0 atom stereocenters. The second kappa shape index (κ2) is 8.66. The Kier molecular flexibility index (Phi) is 5.77. The number of fused-ring (bicyclic) bond motifs is 1. The van der Waals surface area contributed by atoms with E-state index in [1.54, 1.807) is 35.6 Å². The monoisotopic (exact) mass is 436 g/mol. The summed E-state index contributed by atoms with van der Waals surface area (Å²) >= 11 is 0. The fourth-order valence-corrected chi connectivity index (χ4v) is 3.48. The Bertz CT molecular complexity index is 1270. The second-order valence-electron chi connectivity index (χ2n) is 7.45. The van der Waals surface area contributed by atoms with Gasteiger partial charge in [-0.1, -0.05) is 24.3 Å². The number of imidazole rings is 1. The maximum Gasteiger partial charge on any atom is 0.288 e. The van der Waals surface area contributed by atoms with E-state index < -0.39 is 11.6 Å². The number of carbonyl (C=O) groups is 1. The van der Waals surface area contributed by atoms with Crippen LogP contribution in [0, 0.1) is 25.5 Å². The highest BCUT2D eigenvalue weighted by atomic mass is 19.1. The molecule has 0 aliphatic carbocycles. The molecular formula is C24H22F2N4O2. The number of nitrogens with one attached hydrogen (secondary N) is 1. The number of ether oxygens (including phenoxy) is 1. The van der Waals surface area contributed by atoms with Crippen LogP contribution in [-0.2, 0) is 6.61 Å². The molecule has 4 rings (SSSR count). The van der Waals surface area contributed by atoms with Gasteiger partial charge in [-0.15, -0.1) is 0 Å². The number of pyridine rings is 1. The van der Waals surface area contributed by atoms with Crippen LogP contribution in [-0.4, -0.2) is 22.3 Å². The number of para-hydroxylation sites is 1. The minimum Gasteiger partial charge on any atom is -0.485 e. The first-order chi connectivity index (χ1) is 15.3. The minimum atomic E-state index is -0.683. The Morgan fingerprint density at radius 1 is 1.09 bits per heavy atom. The number of benzene rings is 2. The number of aryl methyl sites for hydroxylation is 2. The Labute approximate surface area is 184 Å². The van der Waals surface area contributed by atoms with Crippen molar-refractivity contribution in [2.24, 2.45) is 0 Å². The summed E-state index contributed by atoms with van der Waals surface area (Å²) in [6.45, 7) is 3.25. The van der Waals surface area contributed by atoms with Crippen molar-refractivity contribution in [1.29, 1.82) is 0 Å². The smallest absolute Gasteiger partial charge is 0.288 e. The van der Waals surface area contributed by atoms with Crippen LogP contribution in [0.25, 0.3) is 5.65 Å². The van der Waals surface area contributed by atoms with E-state index in [-0.39, 0.29) is 18.1 Å². The van der Waals surface area contributed by atoms with E-state index in [1.165, 1.54) is 18.2 Å². The van der Waals surface area contributed by atoms with Crippen LogP contribution >= 0.6 is 0 Å². The highest BCUT2D eigenvalue weighted by Gasteiger charge is 2.21. The largest absolute Gasteiger partial charge is 0.485 e. The van der Waals surface area contributed by atoms with E-state index >= 15 is 0 Å². The van der Waals surface area contributed by atoms with Crippen molar-refractivity contribution in [3.05, 3.63) is 94.9 Å². The van der Waals surface area contributed by atoms with Gasteiger partial charge in [0.15, 0.2) is 11.4 Å². The van der Waals surface area contributed by atoms with Crippen LogP contribution in [0.3, 0.4) is 0 Å². The zero-order chi connectivity index (χ0) is 22.8. The van der Waals surface area contributed by atoms with E-state index in [1.807, 2.05) is 37.3 Å². The third-order valence-corrected chi connectivity index (χ3v) is 5.06. The number of amides is 1. The lowest BCUT2D eigenvalue weighted by molar-refractivity contribution is 0.0945. The summed E-state index contributed by atoms with van der Waals surface area (Å²) in [5.41, 5.74) is 5.51. The lowest BCUT2D eigenvalue weighted by Crippen LogP contribution is -2.40. The van der Waals surface area contributed by atoms with Crippen molar-refractivity contribution in [2.75, 3.05) is 12.1 Å². The third kappa shape index (κ3) is 4.12. The quantitative estimate of drug-likeness (QED) is 0.449. The molecule has 1 amide bonds. The Morgan fingerprint density at radius 2 is 1.78 bits per heavy atom. The molecule has 32 heavy (non-hydrogen) atoms. The summed E-state index contributed by atoms with van der Waals surface area (Å²) in [5, 5.41) is 1.62. The maximum absolute atomic E-state index is 14.0. The average Bonchev–Trinajstić information content (AvgIpc) is 3.09. The van der Waals surface area contributed by atoms with Gasteiger partial charge in [0.1, 0.15) is 23.9 Å². The Morgan fingerprint density at radius 3 is 2.47 bits per heavy atom. The molecule has 0 fully saturated rings. The first-order valence-corrected chi connectivity index (χ1v) is 10.00. The molecule has 0 saturated heterocycles. The van der Waals surface area contributed by atoms with Crippen molar-refractivity contribution in [1.82, 2.24) is 14.8 Å². The van der Waals surface area contributed by atoms with Gasteiger partial charge in [-0.2, -0.15) is 0 Å². The SMILES string of the molecule is Cc1cc(OCc2c(F)cccc2F)c2nc(C)c(C(=O)NN(C)c3ccccc3)n2c1. The number of anilines is 1. The predicted molar refractivity (Wildman–Crippen MR) is 118 cm³/mol. The summed E-state index contributed by atoms with van der Waals surface area (Å²) in [4.78, 5) is 17.5. The number of hydrogen-bond donors (Lipinski definition) is 1. The lowest BCUT2D eigenvalue weighted by Gasteiger charge is -2.20. The molecule has 0 unspecified atom stereocenters.